The third-order valence-electron chi connectivity index (χ3n) is 4.19. The van der Waals surface area contributed by atoms with Crippen LogP contribution in [0.2, 0.25) is 0 Å². The number of carbonyl (C=O) groups excluding carboxylic acids is 2. The number of ether oxygens (including phenoxy) is 2. The predicted octanol–water partition coefficient (Wildman–Crippen LogP) is 4.56. The van der Waals surface area contributed by atoms with Gasteiger partial charge in [-0.1, -0.05) is 54.6 Å². The summed E-state index contributed by atoms with van der Waals surface area (Å²) in [7, 11) is 1.55. The summed E-state index contributed by atoms with van der Waals surface area (Å²) in [6.45, 7) is -0.508. The third-order valence-corrected chi connectivity index (χ3v) is 4.19. The quantitative estimate of drug-likeness (QED) is 0.356. The highest BCUT2D eigenvalue weighted by Gasteiger charge is 2.16. The normalized spacial score (nSPS) is 10.9. The maximum Gasteiger partial charge on any atom is 0.339 e. The minimum Gasteiger partial charge on any atom is -0.496 e. The monoisotopic (exact) mass is 405 g/mol. The van der Waals surface area contributed by atoms with Gasteiger partial charge >= 0.3 is 5.97 Å². The molecule has 0 saturated heterocycles. The molecular weight excluding hydrogens is 385 g/mol. The number of methoxy groups -OCH3 is 1. The Kier molecular flexibility index (Phi) is 6.95. The van der Waals surface area contributed by atoms with E-state index in [2.05, 4.69) is 5.32 Å². The summed E-state index contributed by atoms with van der Waals surface area (Å²) in [6, 6.07) is 21.7. The molecule has 30 heavy (non-hydrogen) atoms. The second kappa shape index (κ2) is 10.0. The number of anilines is 1. The van der Waals surface area contributed by atoms with Crippen LogP contribution in [0, 0.1) is 5.82 Å². The van der Waals surface area contributed by atoms with Crippen molar-refractivity contribution >= 4 is 29.2 Å². The number of hydrogen-bond donors (Lipinski definition) is 1. The maximum atomic E-state index is 13.2. The smallest absolute Gasteiger partial charge is 0.339 e. The summed E-state index contributed by atoms with van der Waals surface area (Å²) in [5, 5.41) is 2.49. The van der Waals surface area contributed by atoms with Gasteiger partial charge in [-0.2, -0.15) is 0 Å². The standard InChI is InChI=1S/C24H20FNO4/c1-29-22-13-6-5-10-18(22)14-21(17-8-3-2-4-9-17)24(28)30-16-23(27)26-20-12-7-11-19(25)15-20/h2-15H,16H2,1H3,(H,26,27). The summed E-state index contributed by atoms with van der Waals surface area (Å²) in [4.78, 5) is 24.9. The molecule has 0 aliphatic heterocycles. The number of rotatable bonds is 7. The number of nitrogens with one attached hydrogen (secondary N) is 1. The zero-order chi connectivity index (χ0) is 21.3. The van der Waals surface area contributed by atoms with Gasteiger partial charge in [0.25, 0.3) is 5.91 Å². The van der Waals surface area contributed by atoms with E-state index in [9.17, 15) is 14.0 Å². The second-order valence-corrected chi connectivity index (χ2v) is 6.30. The Bertz CT molecular complexity index is 1060. The van der Waals surface area contributed by atoms with E-state index in [1.54, 1.807) is 49.6 Å². The molecule has 3 aromatic carbocycles. The van der Waals surface area contributed by atoms with E-state index in [0.717, 1.165) is 0 Å². The van der Waals surface area contributed by atoms with Gasteiger partial charge in [0.2, 0.25) is 0 Å². The van der Waals surface area contributed by atoms with E-state index in [0.29, 0.717) is 16.9 Å². The van der Waals surface area contributed by atoms with Crippen molar-refractivity contribution in [3.8, 4) is 5.75 Å². The summed E-state index contributed by atoms with van der Waals surface area (Å²) in [5.41, 5.74) is 1.89. The molecule has 0 radical (unpaired) electrons. The van der Waals surface area contributed by atoms with Gasteiger partial charge in [-0.3, -0.25) is 4.79 Å². The van der Waals surface area contributed by atoms with Gasteiger partial charge < -0.3 is 14.8 Å². The number of carbonyl (C=O) groups is 2. The van der Waals surface area contributed by atoms with Crippen molar-refractivity contribution in [2.24, 2.45) is 0 Å². The Balaban J connectivity index is 1.77. The maximum absolute atomic E-state index is 13.2. The lowest BCUT2D eigenvalue weighted by Gasteiger charge is -2.11. The fourth-order valence-corrected chi connectivity index (χ4v) is 2.79. The predicted molar refractivity (Wildman–Crippen MR) is 113 cm³/mol. The molecule has 5 nitrogen and oxygen atoms in total. The van der Waals surface area contributed by atoms with Crippen LogP contribution in [-0.2, 0) is 14.3 Å². The number of para-hydroxylation sites is 1. The first kappa shape index (κ1) is 20.8. The SMILES string of the molecule is COc1ccccc1C=C(C(=O)OCC(=O)Nc1cccc(F)c1)c1ccccc1. The van der Waals surface area contributed by atoms with Gasteiger partial charge in [0.05, 0.1) is 12.7 Å². The number of halogens is 1. The summed E-state index contributed by atoms with van der Waals surface area (Å²) >= 11 is 0. The van der Waals surface area contributed by atoms with Crippen molar-refractivity contribution in [2.45, 2.75) is 0 Å². The lowest BCUT2D eigenvalue weighted by Crippen LogP contribution is -2.21. The molecular formula is C24H20FNO4. The average molecular weight is 405 g/mol. The fraction of sp³-hybridized carbons (Fsp3) is 0.0833. The first-order chi connectivity index (χ1) is 14.6. The molecule has 0 saturated carbocycles. The lowest BCUT2D eigenvalue weighted by molar-refractivity contribution is -0.141. The Hall–Kier alpha value is -3.93. The van der Waals surface area contributed by atoms with E-state index in [4.69, 9.17) is 9.47 Å². The first-order valence-electron chi connectivity index (χ1n) is 9.19. The van der Waals surface area contributed by atoms with Crippen LogP contribution in [0.25, 0.3) is 11.6 Å². The Labute approximate surface area is 173 Å². The average Bonchev–Trinajstić information content (AvgIpc) is 2.76. The second-order valence-electron chi connectivity index (χ2n) is 6.30. The van der Waals surface area contributed by atoms with E-state index in [-0.39, 0.29) is 11.3 Å². The highest BCUT2D eigenvalue weighted by Crippen LogP contribution is 2.25. The van der Waals surface area contributed by atoms with Crippen molar-refractivity contribution in [3.05, 3.63) is 95.8 Å². The molecule has 0 bridgehead atoms. The molecule has 0 heterocycles. The van der Waals surface area contributed by atoms with Crippen molar-refractivity contribution in [1.82, 2.24) is 0 Å². The molecule has 6 heteroatoms. The molecule has 1 N–H and O–H groups in total. The first-order valence-corrected chi connectivity index (χ1v) is 9.19. The Morgan fingerprint density at radius 2 is 1.70 bits per heavy atom. The third kappa shape index (κ3) is 5.54. The molecule has 0 fully saturated rings. The number of amides is 1. The van der Waals surface area contributed by atoms with Gasteiger partial charge in [0, 0.05) is 11.3 Å². The minimum atomic E-state index is -0.665. The number of hydrogen-bond acceptors (Lipinski definition) is 4. The number of benzene rings is 3. The molecule has 3 rings (SSSR count). The van der Waals surface area contributed by atoms with Crippen LogP contribution in [0.4, 0.5) is 10.1 Å². The summed E-state index contributed by atoms with van der Waals surface area (Å²) < 4.78 is 23.8. The highest BCUT2D eigenvalue weighted by molar-refractivity contribution is 6.22. The zero-order valence-electron chi connectivity index (χ0n) is 16.3. The molecule has 0 atom stereocenters. The van der Waals surface area contributed by atoms with Crippen LogP contribution in [0.1, 0.15) is 11.1 Å². The molecule has 0 unspecified atom stereocenters. The van der Waals surface area contributed by atoms with Crippen molar-refractivity contribution in [2.75, 3.05) is 19.0 Å². The molecule has 3 aromatic rings. The van der Waals surface area contributed by atoms with Crippen LogP contribution in [-0.4, -0.2) is 25.6 Å². The van der Waals surface area contributed by atoms with Crippen molar-refractivity contribution < 1.29 is 23.5 Å². The zero-order valence-corrected chi connectivity index (χ0v) is 16.3. The van der Waals surface area contributed by atoms with Crippen LogP contribution in [0.3, 0.4) is 0 Å². The van der Waals surface area contributed by atoms with Crippen LogP contribution >= 0.6 is 0 Å². The van der Waals surface area contributed by atoms with Gasteiger partial charge in [0.1, 0.15) is 11.6 Å². The molecule has 1 amide bonds. The molecule has 0 aliphatic carbocycles. The van der Waals surface area contributed by atoms with Gasteiger partial charge in [0.15, 0.2) is 6.61 Å². The fourth-order valence-electron chi connectivity index (χ4n) is 2.79. The van der Waals surface area contributed by atoms with E-state index >= 15 is 0 Å². The summed E-state index contributed by atoms with van der Waals surface area (Å²) in [6.07, 6.45) is 1.65. The van der Waals surface area contributed by atoms with E-state index in [1.165, 1.54) is 18.2 Å². The summed E-state index contributed by atoms with van der Waals surface area (Å²) in [5.74, 6) is -1.11. The Morgan fingerprint density at radius 1 is 0.967 bits per heavy atom. The largest absolute Gasteiger partial charge is 0.496 e. The van der Waals surface area contributed by atoms with Gasteiger partial charge in [-0.25, -0.2) is 9.18 Å². The molecule has 0 aromatic heterocycles. The van der Waals surface area contributed by atoms with Crippen molar-refractivity contribution in [1.29, 1.82) is 0 Å². The molecule has 152 valence electrons. The van der Waals surface area contributed by atoms with Crippen LogP contribution in [0.5, 0.6) is 5.75 Å². The van der Waals surface area contributed by atoms with E-state index < -0.39 is 24.3 Å². The van der Waals surface area contributed by atoms with Crippen LogP contribution in [0.15, 0.2) is 78.9 Å². The van der Waals surface area contributed by atoms with Crippen LogP contribution < -0.4 is 10.1 Å². The van der Waals surface area contributed by atoms with Crippen molar-refractivity contribution in [3.63, 3.8) is 0 Å². The Morgan fingerprint density at radius 3 is 2.43 bits per heavy atom. The minimum absolute atomic E-state index is 0.277. The van der Waals surface area contributed by atoms with Gasteiger partial charge in [-0.05, 0) is 35.9 Å². The number of esters is 1. The molecule has 0 aliphatic rings. The van der Waals surface area contributed by atoms with E-state index in [1.807, 2.05) is 24.3 Å². The molecule has 0 spiro atoms. The lowest BCUT2D eigenvalue weighted by atomic mass is 10.0. The topological polar surface area (TPSA) is 64.6 Å². The van der Waals surface area contributed by atoms with Gasteiger partial charge in [-0.15, -0.1) is 0 Å². The highest BCUT2D eigenvalue weighted by atomic mass is 19.1.